The minimum absolute atomic E-state index is 0.187. The summed E-state index contributed by atoms with van der Waals surface area (Å²) in [4.78, 5) is 26.3. The Hall–Kier alpha value is -1.10. The number of hydrogen-bond donors (Lipinski definition) is 0. The molecule has 1 saturated carbocycles. The molecule has 5 heteroatoms. The van der Waals surface area contributed by atoms with Crippen LogP contribution in [0, 0.1) is 5.92 Å². The summed E-state index contributed by atoms with van der Waals surface area (Å²) in [5.74, 6) is -1.07. The van der Waals surface area contributed by atoms with Gasteiger partial charge in [0.25, 0.3) is 0 Å². The monoisotopic (exact) mass is 803 g/mol. The first-order valence-corrected chi connectivity index (χ1v) is 26.2. The van der Waals surface area contributed by atoms with E-state index in [-0.39, 0.29) is 18.0 Å². The van der Waals surface area contributed by atoms with Crippen molar-refractivity contribution in [2.75, 3.05) is 13.2 Å². The minimum atomic E-state index is -1.10. The number of ether oxygens (including phenoxy) is 3. The van der Waals surface area contributed by atoms with E-state index in [9.17, 15) is 9.59 Å². The van der Waals surface area contributed by atoms with Crippen LogP contribution in [0.5, 0.6) is 0 Å². The molecule has 1 aliphatic carbocycles. The lowest BCUT2D eigenvalue weighted by atomic mass is 9.67. The van der Waals surface area contributed by atoms with Crippen molar-refractivity contribution in [3.63, 3.8) is 0 Å². The van der Waals surface area contributed by atoms with Gasteiger partial charge >= 0.3 is 11.9 Å². The van der Waals surface area contributed by atoms with Gasteiger partial charge in [0, 0.05) is 0 Å². The van der Waals surface area contributed by atoms with Gasteiger partial charge in [-0.1, -0.05) is 258 Å². The molecule has 2 bridgehead atoms. The van der Waals surface area contributed by atoms with Gasteiger partial charge in [-0.05, 0) is 32.1 Å². The summed E-state index contributed by atoms with van der Waals surface area (Å²) in [6, 6.07) is 0. The molecule has 0 amide bonds. The summed E-state index contributed by atoms with van der Waals surface area (Å²) in [5, 5.41) is 0. The van der Waals surface area contributed by atoms with Crippen molar-refractivity contribution in [3.05, 3.63) is 0 Å². The summed E-state index contributed by atoms with van der Waals surface area (Å²) < 4.78 is 17.5. The van der Waals surface area contributed by atoms with Crippen molar-refractivity contribution in [3.8, 4) is 0 Å². The summed E-state index contributed by atoms with van der Waals surface area (Å²) >= 11 is 0. The Kier molecular flexibility index (Phi) is 34.6. The van der Waals surface area contributed by atoms with Crippen LogP contribution < -0.4 is 0 Å². The van der Waals surface area contributed by atoms with Crippen molar-refractivity contribution >= 4 is 11.9 Å². The number of hydrogen-bond acceptors (Lipinski definition) is 5. The predicted octanol–water partition coefficient (Wildman–Crippen LogP) is 16.7. The van der Waals surface area contributed by atoms with Crippen molar-refractivity contribution in [1.82, 2.24) is 0 Å². The first-order valence-electron chi connectivity index (χ1n) is 26.2. The third kappa shape index (κ3) is 26.0. The quantitative estimate of drug-likeness (QED) is 0.0453. The van der Waals surface area contributed by atoms with Gasteiger partial charge in [-0.2, -0.15) is 0 Å². The van der Waals surface area contributed by atoms with E-state index in [0.717, 1.165) is 38.5 Å². The number of esters is 2. The number of fused-ring (bicyclic) bond motifs is 2. The van der Waals surface area contributed by atoms with Crippen LogP contribution in [-0.2, 0) is 23.8 Å². The smallest absolute Gasteiger partial charge is 0.339 e. The largest absolute Gasteiger partial charge is 0.465 e. The Morgan fingerprint density at radius 2 is 0.702 bits per heavy atom. The first kappa shape index (κ1) is 52.0. The number of carbonyl (C=O) groups is 2. The normalized spacial score (nSPS) is 18.8. The summed E-state index contributed by atoms with van der Waals surface area (Å²) in [7, 11) is 0. The molecule has 3 atom stereocenters. The molecule has 2 heterocycles. The Labute approximate surface area is 355 Å². The standard InChI is InChI=1S/C52H98O5/c1-3-5-7-9-11-13-15-17-19-21-23-25-27-29-31-33-35-37-39-41-46-55-50(53)49-48-44-43-45-52(49,57-48)51(54)56-47-42-40-38-36-34-32-30-28-26-24-22-20-18-16-14-12-10-8-6-4-2/h48-49H,3-47H2,1-2H3. The van der Waals surface area contributed by atoms with Crippen molar-refractivity contribution in [2.45, 2.75) is 302 Å². The van der Waals surface area contributed by atoms with Gasteiger partial charge in [-0.15, -0.1) is 0 Å². The first-order chi connectivity index (χ1) is 28.2. The molecule has 3 rings (SSSR count). The number of rotatable bonds is 44. The van der Waals surface area contributed by atoms with Gasteiger partial charge in [0.1, 0.15) is 5.92 Å². The van der Waals surface area contributed by atoms with Crippen LogP contribution in [0.15, 0.2) is 0 Å². The van der Waals surface area contributed by atoms with Crippen LogP contribution in [0.2, 0.25) is 0 Å². The number of unbranched alkanes of at least 4 members (excludes halogenated alkanes) is 38. The van der Waals surface area contributed by atoms with Gasteiger partial charge in [0.2, 0.25) is 0 Å². The highest BCUT2D eigenvalue weighted by molar-refractivity contribution is 5.90. The van der Waals surface area contributed by atoms with E-state index in [1.165, 1.54) is 231 Å². The molecule has 2 saturated heterocycles. The fourth-order valence-electron chi connectivity index (χ4n) is 9.53. The molecule has 0 spiro atoms. The molecule has 2 aliphatic heterocycles. The van der Waals surface area contributed by atoms with Gasteiger partial charge < -0.3 is 14.2 Å². The third-order valence-electron chi connectivity index (χ3n) is 13.3. The van der Waals surface area contributed by atoms with Crippen LogP contribution in [0.25, 0.3) is 0 Å². The topological polar surface area (TPSA) is 61.8 Å². The SMILES string of the molecule is CCCCCCCCCCCCCCCCCCCCCCOC(=O)C1C2CCCC1(C(=O)OCCCCCCCCCCCCCCCCCCCCCC)O2. The number of carbonyl (C=O) groups excluding carboxylic acids is 2. The minimum Gasteiger partial charge on any atom is -0.465 e. The zero-order chi connectivity index (χ0) is 40.8. The molecule has 336 valence electrons. The zero-order valence-corrected chi connectivity index (χ0v) is 38.5. The molecule has 5 nitrogen and oxygen atoms in total. The molecular formula is C52H98O5. The molecule has 0 aromatic carbocycles. The molecule has 3 fully saturated rings. The molecule has 3 unspecified atom stereocenters. The van der Waals surface area contributed by atoms with Gasteiger partial charge in [0.15, 0.2) is 5.60 Å². The second-order valence-electron chi connectivity index (χ2n) is 18.7. The van der Waals surface area contributed by atoms with Crippen molar-refractivity contribution in [1.29, 1.82) is 0 Å². The Morgan fingerprint density at radius 3 is 1.00 bits per heavy atom. The highest BCUT2D eigenvalue weighted by Crippen LogP contribution is 2.50. The molecule has 0 aromatic heterocycles. The van der Waals surface area contributed by atoms with Gasteiger partial charge in [0.05, 0.1) is 19.3 Å². The molecular weight excluding hydrogens is 705 g/mol. The molecule has 3 aliphatic rings. The van der Waals surface area contributed by atoms with Crippen molar-refractivity contribution < 1.29 is 23.8 Å². The maximum atomic E-state index is 13.2. The highest BCUT2D eigenvalue weighted by atomic mass is 16.6. The summed E-state index contributed by atoms with van der Waals surface area (Å²) in [6.45, 7) is 5.46. The Morgan fingerprint density at radius 1 is 0.421 bits per heavy atom. The lowest BCUT2D eigenvalue weighted by Crippen LogP contribution is -2.70. The Bertz CT molecular complexity index is 901. The lowest BCUT2D eigenvalue weighted by molar-refractivity contribution is -0.284. The molecule has 0 radical (unpaired) electrons. The van der Waals surface area contributed by atoms with Crippen LogP contribution in [0.1, 0.15) is 290 Å². The average molecular weight is 803 g/mol. The zero-order valence-electron chi connectivity index (χ0n) is 38.5. The van der Waals surface area contributed by atoms with Crippen LogP contribution >= 0.6 is 0 Å². The third-order valence-corrected chi connectivity index (χ3v) is 13.3. The van der Waals surface area contributed by atoms with E-state index < -0.39 is 11.5 Å². The summed E-state index contributed by atoms with van der Waals surface area (Å²) in [5.41, 5.74) is -1.10. The van der Waals surface area contributed by atoms with E-state index in [0.29, 0.717) is 19.6 Å². The molecule has 57 heavy (non-hydrogen) atoms. The summed E-state index contributed by atoms with van der Waals surface area (Å²) in [6.07, 6.45) is 56.2. The molecule has 0 N–H and O–H groups in total. The fraction of sp³-hybridized carbons (Fsp3) is 0.962. The van der Waals surface area contributed by atoms with Crippen LogP contribution in [-0.4, -0.2) is 36.9 Å². The van der Waals surface area contributed by atoms with E-state index in [1.807, 2.05) is 0 Å². The average Bonchev–Trinajstić information content (AvgIpc) is 3.21. The maximum Gasteiger partial charge on any atom is 0.339 e. The van der Waals surface area contributed by atoms with Gasteiger partial charge in [-0.25, -0.2) is 4.79 Å². The predicted molar refractivity (Wildman–Crippen MR) is 243 cm³/mol. The van der Waals surface area contributed by atoms with Gasteiger partial charge in [-0.3, -0.25) is 4.79 Å². The van der Waals surface area contributed by atoms with E-state index in [1.54, 1.807) is 0 Å². The second-order valence-corrected chi connectivity index (χ2v) is 18.7. The lowest BCUT2D eigenvalue weighted by Gasteiger charge is -2.54. The van der Waals surface area contributed by atoms with E-state index in [2.05, 4.69) is 13.8 Å². The van der Waals surface area contributed by atoms with Crippen molar-refractivity contribution in [2.24, 2.45) is 5.92 Å². The highest BCUT2D eigenvalue weighted by Gasteiger charge is 2.67. The van der Waals surface area contributed by atoms with E-state index in [4.69, 9.17) is 14.2 Å². The Balaban J connectivity index is 1.35. The van der Waals surface area contributed by atoms with Crippen LogP contribution in [0.4, 0.5) is 0 Å². The van der Waals surface area contributed by atoms with Crippen LogP contribution in [0.3, 0.4) is 0 Å². The molecule has 0 aromatic rings. The second kappa shape index (κ2) is 37.9. The van der Waals surface area contributed by atoms with E-state index >= 15 is 0 Å². The fourth-order valence-corrected chi connectivity index (χ4v) is 9.53. The maximum absolute atomic E-state index is 13.2.